The molecule has 2 rings (SSSR count). The van der Waals surface area contributed by atoms with Crippen LogP contribution in [0.1, 0.15) is 64.9 Å². The molecular weight excluding hydrogens is 365 g/mol. The minimum absolute atomic E-state index is 0.0473. The number of hydrogen-bond acceptors (Lipinski definition) is 4. The summed E-state index contributed by atoms with van der Waals surface area (Å²) in [5.74, 6) is 1.35. The minimum atomic E-state index is -0.326. The number of rotatable bonds is 3. The Morgan fingerprint density at radius 3 is 2.35 bits per heavy atom. The minimum Gasteiger partial charge on any atom is -0.383 e. The molecule has 1 aromatic rings. The van der Waals surface area contributed by atoms with Crippen molar-refractivity contribution in [1.29, 1.82) is 0 Å². The maximum absolute atomic E-state index is 6.13. The molecule has 1 fully saturated rings. The third kappa shape index (κ3) is 2.93. The molecule has 5 heteroatoms. The van der Waals surface area contributed by atoms with Crippen LogP contribution in [0.5, 0.6) is 0 Å². The summed E-state index contributed by atoms with van der Waals surface area (Å²) in [5, 5.41) is 0. The molecule has 4 nitrogen and oxygen atoms in total. The highest BCUT2D eigenvalue weighted by Gasteiger charge is 2.40. The van der Waals surface area contributed by atoms with Crippen LogP contribution in [0.15, 0.2) is 0 Å². The first-order valence-corrected chi connectivity index (χ1v) is 8.36. The van der Waals surface area contributed by atoms with E-state index in [1.54, 1.807) is 0 Å². The second-order valence-electron chi connectivity index (χ2n) is 6.48. The molecule has 0 spiro atoms. The van der Waals surface area contributed by atoms with Gasteiger partial charge in [-0.25, -0.2) is 9.97 Å². The van der Waals surface area contributed by atoms with E-state index in [2.05, 4.69) is 48.3 Å². The van der Waals surface area contributed by atoms with Crippen LogP contribution in [0.3, 0.4) is 0 Å². The zero-order valence-corrected chi connectivity index (χ0v) is 15.0. The fourth-order valence-corrected chi connectivity index (χ4v) is 3.87. The van der Waals surface area contributed by atoms with Crippen molar-refractivity contribution in [2.24, 2.45) is 0 Å². The van der Waals surface area contributed by atoms with E-state index in [9.17, 15) is 0 Å². The lowest BCUT2D eigenvalue weighted by Gasteiger charge is -2.30. The Labute approximate surface area is 135 Å². The highest BCUT2D eigenvalue weighted by Crippen LogP contribution is 2.42. The summed E-state index contributed by atoms with van der Waals surface area (Å²) in [6.07, 6.45) is 4.31. The number of nitrogens with zero attached hydrogens (tertiary/aromatic N) is 2. The summed E-state index contributed by atoms with van der Waals surface area (Å²) < 4.78 is 7.02. The van der Waals surface area contributed by atoms with Gasteiger partial charge in [0.25, 0.3) is 0 Å². The molecule has 1 aliphatic rings. The molecule has 0 atom stereocenters. The van der Waals surface area contributed by atoms with Gasteiger partial charge in [0.2, 0.25) is 0 Å². The van der Waals surface area contributed by atoms with Crippen LogP contribution in [-0.2, 0) is 15.8 Å². The number of ether oxygens (including phenoxy) is 1. The third-order valence-electron chi connectivity index (χ3n) is 3.83. The Kier molecular flexibility index (Phi) is 4.59. The molecule has 1 heterocycles. The Balaban J connectivity index is 2.54. The summed E-state index contributed by atoms with van der Waals surface area (Å²) in [4.78, 5) is 9.41. The molecule has 112 valence electrons. The van der Waals surface area contributed by atoms with E-state index >= 15 is 0 Å². The van der Waals surface area contributed by atoms with E-state index in [1.807, 2.05) is 6.92 Å². The van der Waals surface area contributed by atoms with Crippen LogP contribution in [0, 0.1) is 3.57 Å². The molecule has 0 bridgehead atoms. The third-order valence-corrected chi connectivity index (χ3v) is 4.89. The number of halogens is 1. The lowest BCUT2D eigenvalue weighted by molar-refractivity contribution is -0.0458. The fourth-order valence-electron chi connectivity index (χ4n) is 2.82. The van der Waals surface area contributed by atoms with Crippen molar-refractivity contribution in [2.45, 2.75) is 64.4 Å². The molecule has 0 saturated heterocycles. The van der Waals surface area contributed by atoms with Gasteiger partial charge in [0, 0.05) is 12.0 Å². The SMILES string of the molecule is CCOC1(c2nc(N)c(I)c(C(C)(C)C)n2)CCCC1. The van der Waals surface area contributed by atoms with Crippen LogP contribution in [0.25, 0.3) is 0 Å². The van der Waals surface area contributed by atoms with Crippen molar-refractivity contribution in [1.82, 2.24) is 9.97 Å². The summed E-state index contributed by atoms with van der Waals surface area (Å²) in [6.45, 7) is 9.18. The van der Waals surface area contributed by atoms with E-state index < -0.39 is 0 Å². The predicted octanol–water partition coefficient (Wildman–Crippen LogP) is 3.77. The Morgan fingerprint density at radius 1 is 1.25 bits per heavy atom. The zero-order valence-electron chi connectivity index (χ0n) is 12.8. The van der Waals surface area contributed by atoms with E-state index in [0.717, 1.165) is 27.9 Å². The van der Waals surface area contributed by atoms with Crippen LogP contribution >= 0.6 is 22.6 Å². The summed E-state index contributed by atoms with van der Waals surface area (Å²) in [6, 6.07) is 0. The molecule has 0 aromatic carbocycles. The molecule has 2 N–H and O–H groups in total. The molecule has 0 aliphatic heterocycles. The second-order valence-corrected chi connectivity index (χ2v) is 7.56. The van der Waals surface area contributed by atoms with Gasteiger partial charge in [0.15, 0.2) is 5.82 Å². The van der Waals surface area contributed by atoms with Gasteiger partial charge in [-0.3, -0.25) is 0 Å². The van der Waals surface area contributed by atoms with Gasteiger partial charge >= 0.3 is 0 Å². The molecule has 1 saturated carbocycles. The molecular formula is C15H24IN3O. The molecule has 1 aromatic heterocycles. The van der Waals surface area contributed by atoms with E-state index in [-0.39, 0.29) is 11.0 Å². The van der Waals surface area contributed by atoms with Crippen molar-refractivity contribution in [2.75, 3.05) is 12.3 Å². The lowest BCUT2D eigenvalue weighted by atomic mass is 9.91. The van der Waals surface area contributed by atoms with Gasteiger partial charge in [-0.2, -0.15) is 0 Å². The van der Waals surface area contributed by atoms with Gasteiger partial charge in [-0.1, -0.05) is 20.8 Å². The normalized spacial score (nSPS) is 18.4. The average Bonchev–Trinajstić information content (AvgIpc) is 2.81. The maximum atomic E-state index is 6.13. The highest BCUT2D eigenvalue weighted by molar-refractivity contribution is 14.1. The molecule has 0 unspecified atom stereocenters. The first-order chi connectivity index (χ1) is 9.30. The number of nitrogens with two attached hydrogens (primary N) is 1. The van der Waals surface area contributed by atoms with Crippen LogP contribution in [0.4, 0.5) is 5.82 Å². The highest BCUT2D eigenvalue weighted by atomic mass is 127. The van der Waals surface area contributed by atoms with Gasteiger partial charge in [0.05, 0.1) is 9.26 Å². The van der Waals surface area contributed by atoms with Crippen LogP contribution < -0.4 is 5.73 Å². The van der Waals surface area contributed by atoms with Crippen molar-refractivity contribution in [3.05, 3.63) is 15.1 Å². The smallest absolute Gasteiger partial charge is 0.162 e. The predicted molar refractivity (Wildman–Crippen MR) is 89.6 cm³/mol. The summed E-state index contributed by atoms with van der Waals surface area (Å²) in [7, 11) is 0. The van der Waals surface area contributed by atoms with Crippen molar-refractivity contribution in [3.63, 3.8) is 0 Å². The van der Waals surface area contributed by atoms with Crippen LogP contribution in [0.2, 0.25) is 0 Å². The molecule has 0 amide bonds. The Hall–Kier alpha value is -0.430. The van der Waals surface area contributed by atoms with Crippen molar-refractivity contribution >= 4 is 28.4 Å². The second kappa shape index (κ2) is 5.75. The Morgan fingerprint density at radius 2 is 1.85 bits per heavy atom. The lowest BCUT2D eigenvalue weighted by Crippen LogP contribution is -2.31. The first-order valence-electron chi connectivity index (χ1n) is 7.28. The topological polar surface area (TPSA) is 61.0 Å². The first kappa shape index (κ1) is 15.9. The molecule has 1 aliphatic carbocycles. The zero-order chi connectivity index (χ0) is 15.0. The number of hydrogen-bond donors (Lipinski definition) is 1. The number of nitrogen functional groups attached to an aromatic ring is 1. The largest absolute Gasteiger partial charge is 0.383 e. The number of aromatic nitrogens is 2. The van der Waals surface area contributed by atoms with Gasteiger partial charge in [0.1, 0.15) is 11.4 Å². The quantitative estimate of drug-likeness (QED) is 0.800. The van der Waals surface area contributed by atoms with E-state index in [0.29, 0.717) is 12.4 Å². The van der Waals surface area contributed by atoms with Gasteiger partial charge < -0.3 is 10.5 Å². The van der Waals surface area contributed by atoms with Gasteiger partial charge in [-0.15, -0.1) is 0 Å². The summed E-state index contributed by atoms with van der Waals surface area (Å²) >= 11 is 2.25. The maximum Gasteiger partial charge on any atom is 0.162 e. The monoisotopic (exact) mass is 389 g/mol. The van der Waals surface area contributed by atoms with Crippen molar-refractivity contribution < 1.29 is 4.74 Å². The van der Waals surface area contributed by atoms with Crippen LogP contribution in [-0.4, -0.2) is 16.6 Å². The molecule has 20 heavy (non-hydrogen) atoms. The van der Waals surface area contributed by atoms with E-state index in [4.69, 9.17) is 15.5 Å². The van der Waals surface area contributed by atoms with E-state index in [1.165, 1.54) is 12.8 Å². The standard InChI is InChI=1S/C15H24IN3O/c1-5-20-15(8-6-7-9-15)13-18-11(14(2,3)4)10(16)12(17)19-13/h5-9H2,1-4H3,(H2,17,18,19). The fraction of sp³-hybridized carbons (Fsp3) is 0.733. The summed E-state index contributed by atoms with van der Waals surface area (Å²) in [5.41, 5.74) is 6.77. The van der Waals surface area contributed by atoms with Crippen molar-refractivity contribution in [3.8, 4) is 0 Å². The van der Waals surface area contributed by atoms with Gasteiger partial charge in [-0.05, 0) is 55.2 Å². The number of anilines is 1. The molecule has 0 radical (unpaired) electrons. The Bertz CT molecular complexity index is 491. The average molecular weight is 389 g/mol.